The van der Waals surface area contributed by atoms with Crippen LogP contribution in [0, 0.1) is 34.5 Å². The fourth-order valence-electron chi connectivity index (χ4n) is 9.02. The van der Waals surface area contributed by atoms with Crippen molar-refractivity contribution in [1.29, 1.82) is 0 Å². The van der Waals surface area contributed by atoms with Crippen molar-refractivity contribution in [3.8, 4) is 5.75 Å². The van der Waals surface area contributed by atoms with E-state index in [1.165, 1.54) is 73.6 Å². The molecule has 2 nitrogen and oxygen atoms in total. The largest absolute Gasteiger partial charge is 0.489 e. The molecule has 1 aromatic carbocycles. The molecular weight excluding hydrogens is 452 g/mol. The molecule has 0 radical (unpaired) electrons. The molecule has 200 valence electrons. The maximum Gasteiger partial charge on any atom is 0.178 e. The third-order valence-corrected chi connectivity index (χ3v) is 10.8. The summed E-state index contributed by atoms with van der Waals surface area (Å²) in [5, 5.41) is 0. The summed E-state index contributed by atoms with van der Waals surface area (Å²) in [7, 11) is 0. The van der Waals surface area contributed by atoms with E-state index in [1.807, 2.05) is 12.2 Å². The van der Waals surface area contributed by atoms with E-state index < -0.39 is 0 Å². The summed E-state index contributed by atoms with van der Waals surface area (Å²) >= 11 is 0. The maximum atomic E-state index is 12.0. The van der Waals surface area contributed by atoms with Crippen LogP contribution in [0.15, 0.2) is 67.3 Å². The zero-order valence-electron chi connectivity index (χ0n) is 22.5. The van der Waals surface area contributed by atoms with Crippen molar-refractivity contribution < 1.29 is 9.53 Å². The number of ketones is 1. The molecule has 5 aliphatic rings. The Labute approximate surface area is 226 Å². The van der Waals surface area contributed by atoms with E-state index in [9.17, 15) is 4.79 Å². The van der Waals surface area contributed by atoms with Crippen molar-refractivity contribution in [2.45, 2.75) is 85.5 Å². The Bertz CT molecular complexity index is 1090. The summed E-state index contributed by atoms with van der Waals surface area (Å²) in [5.74, 6) is 4.05. The summed E-state index contributed by atoms with van der Waals surface area (Å²) in [4.78, 5) is 12.0. The van der Waals surface area contributed by atoms with Crippen LogP contribution in [0.2, 0.25) is 0 Å². The first kappa shape index (κ1) is 27.7. The van der Waals surface area contributed by atoms with E-state index in [1.54, 1.807) is 0 Å². The molecule has 0 heterocycles. The molecule has 6 rings (SSSR count). The summed E-state index contributed by atoms with van der Waals surface area (Å²) in [5.41, 5.74) is 6.05. The van der Waals surface area contributed by atoms with Gasteiger partial charge in [0, 0.05) is 5.41 Å². The second kappa shape index (κ2) is 10.8. The number of carbonyl (C=O) groups is 1. The van der Waals surface area contributed by atoms with Gasteiger partial charge in [0.25, 0.3) is 0 Å². The van der Waals surface area contributed by atoms with E-state index in [0.29, 0.717) is 23.9 Å². The number of rotatable bonds is 4. The lowest BCUT2D eigenvalue weighted by Gasteiger charge is -2.57. The van der Waals surface area contributed by atoms with Gasteiger partial charge in [0.2, 0.25) is 0 Å². The third-order valence-electron chi connectivity index (χ3n) is 10.8. The van der Waals surface area contributed by atoms with Crippen LogP contribution in [0.5, 0.6) is 5.75 Å². The predicted octanol–water partition coefficient (Wildman–Crippen LogP) is 8.86. The zero-order valence-corrected chi connectivity index (χ0v) is 22.5. The van der Waals surface area contributed by atoms with Gasteiger partial charge in [-0.15, -0.1) is 13.2 Å². The molecule has 0 saturated heterocycles. The third kappa shape index (κ3) is 4.59. The molecule has 2 heteroatoms. The highest BCUT2D eigenvalue weighted by Crippen LogP contribution is 2.66. The van der Waals surface area contributed by atoms with Gasteiger partial charge < -0.3 is 4.74 Å². The average Bonchev–Trinajstić information content (AvgIpc) is 3.26. The van der Waals surface area contributed by atoms with Crippen molar-refractivity contribution >= 4 is 5.78 Å². The van der Waals surface area contributed by atoms with Crippen molar-refractivity contribution in [1.82, 2.24) is 0 Å². The minimum Gasteiger partial charge on any atom is -0.489 e. The van der Waals surface area contributed by atoms with Crippen LogP contribution in [0.25, 0.3) is 0 Å². The van der Waals surface area contributed by atoms with Crippen molar-refractivity contribution in [3.05, 3.63) is 78.4 Å². The summed E-state index contributed by atoms with van der Waals surface area (Å²) in [6, 6.07) is 6.61. The number of aryl methyl sites for hydroxylation is 1. The van der Waals surface area contributed by atoms with Gasteiger partial charge in [-0.2, -0.15) is 0 Å². The smallest absolute Gasteiger partial charge is 0.178 e. The van der Waals surface area contributed by atoms with Gasteiger partial charge in [0.15, 0.2) is 5.78 Å². The topological polar surface area (TPSA) is 26.3 Å². The summed E-state index contributed by atoms with van der Waals surface area (Å²) in [6.45, 7) is 16.2. The fourth-order valence-corrected chi connectivity index (χ4v) is 9.02. The molecule has 0 aromatic heterocycles. The lowest BCUT2D eigenvalue weighted by molar-refractivity contribution is -0.111. The highest BCUT2D eigenvalue weighted by molar-refractivity contribution is 6.01. The molecule has 37 heavy (non-hydrogen) atoms. The Balaban J connectivity index is 0.00000104. The van der Waals surface area contributed by atoms with Gasteiger partial charge in [-0.3, -0.25) is 4.79 Å². The van der Waals surface area contributed by atoms with Crippen LogP contribution in [-0.2, 0) is 17.6 Å². The molecule has 3 saturated carbocycles. The van der Waals surface area contributed by atoms with Crippen LogP contribution < -0.4 is 4.74 Å². The number of hydrogen-bond acceptors (Lipinski definition) is 2. The minimum atomic E-state index is 0. The first-order chi connectivity index (χ1) is 17.4. The second-order valence-corrected chi connectivity index (χ2v) is 12.3. The molecule has 0 spiro atoms. The number of ether oxygens (including phenoxy) is 1. The average molecular weight is 501 g/mol. The number of allylic oxidation sites excluding steroid dienone is 4. The summed E-state index contributed by atoms with van der Waals surface area (Å²) < 4.78 is 6.46. The second-order valence-electron chi connectivity index (χ2n) is 12.3. The Morgan fingerprint density at radius 3 is 2.62 bits per heavy atom. The quantitative estimate of drug-likeness (QED) is 0.386. The Morgan fingerprint density at radius 2 is 1.81 bits per heavy atom. The van der Waals surface area contributed by atoms with Crippen molar-refractivity contribution in [3.63, 3.8) is 0 Å². The van der Waals surface area contributed by atoms with Gasteiger partial charge in [-0.05, 0) is 128 Å². The lowest BCUT2D eigenvalue weighted by Crippen LogP contribution is -2.49. The van der Waals surface area contributed by atoms with Crippen molar-refractivity contribution in [2.75, 3.05) is 6.61 Å². The Kier molecular flexibility index (Phi) is 8.07. The first-order valence-corrected chi connectivity index (χ1v) is 14.3. The highest BCUT2D eigenvalue weighted by atomic mass is 16.5. The normalized spacial score (nSPS) is 35.3. The van der Waals surface area contributed by atoms with E-state index in [-0.39, 0.29) is 18.6 Å². The standard InChI is InChI=1S/C32H40O2.C2H4.CH4/c1-21(20-34-30-10-6-8-22-7-4-5-9-25(22)30)27-13-14-28-26-12-11-23-19-24(33)15-17-31(23,2)29(26)16-18-32(27,28)3;1-2;/h6,8,10,15,17,19,26-29H,1,4-5,7,9,11-14,16,18,20H2,2-3H3;1-2H2;1H4. The number of carbonyl (C=O) groups excluding carboxylic acids is 1. The molecule has 3 fully saturated rings. The molecule has 0 amide bonds. The van der Waals surface area contributed by atoms with Crippen LogP contribution in [-0.4, -0.2) is 12.4 Å². The molecular formula is C35H48O2. The first-order valence-electron chi connectivity index (χ1n) is 14.3. The van der Waals surface area contributed by atoms with Gasteiger partial charge in [0.05, 0.1) is 0 Å². The maximum absolute atomic E-state index is 12.0. The minimum absolute atomic E-state index is 0. The van der Waals surface area contributed by atoms with E-state index in [2.05, 4.69) is 57.9 Å². The van der Waals surface area contributed by atoms with E-state index in [4.69, 9.17) is 4.74 Å². The molecule has 0 aliphatic heterocycles. The van der Waals surface area contributed by atoms with Crippen LogP contribution >= 0.6 is 0 Å². The fraction of sp³-hybridized carbons (Fsp3) is 0.571. The van der Waals surface area contributed by atoms with Crippen molar-refractivity contribution in [2.24, 2.45) is 34.5 Å². The SMILES string of the molecule is C.C=C.C=C(COc1cccc2c1CCCC2)C1CCC2C3CCC4=CC(=O)C=CC4(C)C3CCC12C. The monoisotopic (exact) mass is 500 g/mol. The van der Waals surface area contributed by atoms with Gasteiger partial charge in [-0.25, -0.2) is 0 Å². The van der Waals surface area contributed by atoms with Gasteiger partial charge in [0.1, 0.15) is 12.4 Å². The number of benzene rings is 1. The molecule has 0 bridgehead atoms. The van der Waals surface area contributed by atoms with Crippen LogP contribution in [0.4, 0.5) is 0 Å². The highest BCUT2D eigenvalue weighted by Gasteiger charge is 2.58. The number of hydrogen-bond donors (Lipinski definition) is 0. The molecule has 5 aliphatic carbocycles. The van der Waals surface area contributed by atoms with Gasteiger partial charge >= 0.3 is 0 Å². The molecule has 6 atom stereocenters. The molecule has 6 unspecified atom stereocenters. The van der Waals surface area contributed by atoms with E-state index >= 15 is 0 Å². The Morgan fingerprint density at radius 1 is 1.03 bits per heavy atom. The van der Waals surface area contributed by atoms with Crippen LogP contribution in [0.3, 0.4) is 0 Å². The van der Waals surface area contributed by atoms with Crippen LogP contribution in [0.1, 0.15) is 83.8 Å². The molecule has 1 aromatic rings. The van der Waals surface area contributed by atoms with E-state index in [0.717, 1.165) is 30.4 Å². The predicted molar refractivity (Wildman–Crippen MR) is 156 cm³/mol. The lowest BCUT2D eigenvalue weighted by atomic mass is 9.47. The summed E-state index contributed by atoms with van der Waals surface area (Å²) in [6.07, 6.45) is 18.4. The number of fused-ring (bicyclic) bond motifs is 6. The van der Waals surface area contributed by atoms with Gasteiger partial charge in [-0.1, -0.05) is 51.6 Å². The zero-order chi connectivity index (χ0) is 25.5. The Hall–Kier alpha value is -2.35. The molecule has 0 N–H and O–H groups in total.